The van der Waals surface area contributed by atoms with Gasteiger partial charge in [0.05, 0.1) is 11.0 Å². The zero-order valence-corrected chi connectivity index (χ0v) is 28.2. The van der Waals surface area contributed by atoms with E-state index in [-0.39, 0.29) is 5.92 Å². The van der Waals surface area contributed by atoms with Gasteiger partial charge in [-0.2, -0.15) is 0 Å². The topological polar surface area (TPSA) is 18.1 Å². The molecule has 0 aliphatic heterocycles. The highest BCUT2D eigenvalue weighted by Crippen LogP contribution is 2.38. The second-order valence-electron chi connectivity index (χ2n) is 13.7. The summed E-state index contributed by atoms with van der Waals surface area (Å²) >= 11 is 0. The molecular formula is C49H35NO. The quantitative estimate of drug-likeness (QED) is 0.167. The van der Waals surface area contributed by atoms with E-state index in [1.54, 1.807) is 0 Å². The maximum Gasteiger partial charge on any atom is 0.135 e. The minimum Gasteiger partial charge on any atom is -0.456 e. The highest BCUT2D eigenvalue weighted by atomic mass is 16.3. The molecule has 0 saturated carbocycles. The summed E-state index contributed by atoms with van der Waals surface area (Å²) in [7, 11) is 0. The lowest BCUT2D eigenvalue weighted by Gasteiger charge is -2.19. The van der Waals surface area contributed by atoms with Crippen LogP contribution in [0.25, 0.3) is 71.3 Å². The highest BCUT2D eigenvalue weighted by molar-refractivity contribution is 6.13. The molecule has 10 rings (SSSR count). The van der Waals surface area contributed by atoms with E-state index in [1.165, 1.54) is 76.9 Å². The number of nitrogens with zero attached hydrogens (tertiary/aromatic N) is 1. The monoisotopic (exact) mass is 653 g/mol. The van der Waals surface area contributed by atoms with Gasteiger partial charge in [0.2, 0.25) is 0 Å². The summed E-state index contributed by atoms with van der Waals surface area (Å²) in [5.74, 6) is 0.214. The molecule has 2 heterocycles. The number of rotatable bonds is 7. The van der Waals surface area contributed by atoms with E-state index < -0.39 is 0 Å². The zero-order chi connectivity index (χ0) is 33.7. The van der Waals surface area contributed by atoms with Gasteiger partial charge in [0, 0.05) is 33.2 Å². The van der Waals surface area contributed by atoms with E-state index in [4.69, 9.17) is 4.42 Å². The molecule has 0 aliphatic rings. The van der Waals surface area contributed by atoms with Crippen molar-refractivity contribution in [3.8, 4) is 16.8 Å². The van der Waals surface area contributed by atoms with Crippen LogP contribution in [-0.2, 0) is 6.42 Å². The lowest BCUT2D eigenvalue weighted by molar-refractivity contribution is 0.664. The maximum absolute atomic E-state index is 6.36. The van der Waals surface area contributed by atoms with Crippen LogP contribution in [0.2, 0.25) is 0 Å². The van der Waals surface area contributed by atoms with Crippen molar-refractivity contribution in [2.75, 3.05) is 0 Å². The summed E-state index contributed by atoms with van der Waals surface area (Å²) in [6, 6.07) is 66.2. The lowest BCUT2D eigenvalue weighted by Crippen LogP contribution is -2.03. The molecule has 0 radical (unpaired) electrons. The molecule has 0 N–H and O–H groups in total. The van der Waals surface area contributed by atoms with Crippen LogP contribution in [0.1, 0.15) is 29.0 Å². The molecule has 0 spiro atoms. The van der Waals surface area contributed by atoms with Crippen LogP contribution >= 0.6 is 0 Å². The third-order valence-corrected chi connectivity index (χ3v) is 10.7. The fourth-order valence-electron chi connectivity index (χ4n) is 8.11. The maximum atomic E-state index is 6.36. The van der Waals surface area contributed by atoms with Gasteiger partial charge in [-0.3, -0.25) is 0 Å². The summed E-state index contributed by atoms with van der Waals surface area (Å²) in [4.78, 5) is 0. The molecule has 1 atom stereocenters. The van der Waals surface area contributed by atoms with Crippen molar-refractivity contribution in [3.05, 3.63) is 199 Å². The summed E-state index contributed by atoms with van der Waals surface area (Å²) < 4.78 is 8.77. The molecule has 0 aliphatic carbocycles. The molecular weight excluding hydrogens is 619 g/mol. The Kier molecular flexibility index (Phi) is 7.06. The molecule has 2 aromatic heterocycles. The fourth-order valence-corrected chi connectivity index (χ4v) is 8.11. The van der Waals surface area contributed by atoms with Crippen molar-refractivity contribution in [1.29, 1.82) is 0 Å². The summed E-state index contributed by atoms with van der Waals surface area (Å²) in [6.45, 7) is 0. The van der Waals surface area contributed by atoms with Crippen molar-refractivity contribution in [2.45, 2.75) is 18.8 Å². The Bertz CT molecular complexity index is 2840. The standard InChI is InChI=1S/C49H35NO/c1-3-11-34(12-4-1)35-22-24-36(25-23-35)41(38-26-28-44-43-16-8-10-18-48(43)51-49(44)32-38)27-20-33-19-21-37-30-45-42-15-7-9-17-46(42)50(40-13-5-2-6-14-40)47(45)31-39(37)29-33/h1-19,21-26,28-32,41H,20,27H2. The molecule has 0 amide bonds. The number of furan rings is 1. The van der Waals surface area contributed by atoms with E-state index in [2.05, 4.69) is 180 Å². The fraction of sp³-hybridized carbons (Fsp3) is 0.0612. The number of aromatic nitrogens is 1. The number of benzene rings is 8. The van der Waals surface area contributed by atoms with Gasteiger partial charge in [0.25, 0.3) is 0 Å². The predicted octanol–water partition coefficient (Wildman–Crippen LogP) is 13.3. The van der Waals surface area contributed by atoms with Gasteiger partial charge < -0.3 is 8.98 Å². The van der Waals surface area contributed by atoms with Crippen LogP contribution in [0.4, 0.5) is 0 Å². The SMILES string of the molecule is c1ccc(-c2ccc(C(CCc3ccc4cc5c6ccccc6n(-c6ccccc6)c5cc4c3)c3ccc4c(c3)oc3ccccc34)cc2)cc1. The Morgan fingerprint density at radius 3 is 1.96 bits per heavy atom. The van der Waals surface area contributed by atoms with Gasteiger partial charge >= 0.3 is 0 Å². The van der Waals surface area contributed by atoms with Gasteiger partial charge in [-0.05, 0) is 93.9 Å². The average molecular weight is 654 g/mol. The first-order valence-electron chi connectivity index (χ1n) is 17.8. The van der Waals surface area contributed by atoms with Gasteiger partial charge in [0.1, 0.15) is 11.2 Å². The molecule has 242 valence electrons. The van der Waals surface area contributed by atoms with Crippen molar-refractivity contribution >= 4 is 54.5 Å². The molecule has 51 heavy (non-hydrogen) atoms. The third kappa shape index (κ3) is 5.19. The second kappa shape index (κ2) is 12.2. The second-order valence-corrected chi connectivity index (χ2v) is 13.7. The van der Waals surface area contributed by atoms with Gasteiger partial charge in [-0.25, -0.2) is 0 Å². The Labute approximate surface area is 296 Å². The normalized spacial score (nSPS) is 12.4. The summed E-state index contributed by atoms with van der Waals surface area (Å²) in [6.07, 6.45) is 1.94. The Balaban J connectivity index is 1.04. The minimum atomic E-state index is 0.214. The Hall–Kier alpha value is -6.38. The largest absolute Gasteiger partial charge is 0.456 e. The third-order valence-electron chi connectivity index (χ3n) is 10.7. The number of fused-ring (bicyclic) bond motifs is 7. The van der Waals surface area contributed by atoms with Gasteiger partial charge in [-0.15, -0.1) is 0 Å². The first-order valence-corrected chi connectivity index (χ1v) is 17.8. The Morgan fingerprint density at radius 2 is 1.12 bits per heavy atom. The van der Waals surface area contributed by atoms with Gasteiger partial charge in [-0.1, -0.05) is 140 Å². The van der Waals surface area contributed by atoms with Gasteiger partial charge in [0.15, 0.2) is 0 Å². The zero-order valence-electron chi connectivity index (χ0n) is 28.2. The smallest absolute Gasteiger partial charge is 0.135 e. The van der Waals surface area contributed by atoms with E-state index in [1.807, 2.05) is 6.07 Å². The van der Waals surface area contributed by atoms with Crippen molar-refractivity contribution < 1.29 is 4.42 Å². The molecule has 8 aromatic carbocycles. The summed E-state index contributed by atoms with van der Waals surface area (Å²) in [5.41, 5.74) is 12.0. The first-order chi connectivity index (χ1) is 25.3. The number of hydrogen-bond acceptors (Lipinski definition) is 1. The number of para-hydroxylation sites is 3. The lowest BCUT2D eigenvalue weighted by atomic mass is 9.85. The molecule has 0 fully saturated rings. The number of aryl methyl sites for hydroxylation is 1. The van der Waals surface area contributed by atoms with Crippen LogP contribution in [0.5, 0.6) is 0 Å². The molecule has 2 nitrogen and oxygen atoms in total. The molecule has 2 heteroatoms. The van der Waals surface area contributed by atoms with E-state index in [9.17, 15) is 0 Å². The predicted molar refractivity (Wildman–Crippen MR) is 214 cm³/mol. The van der Waals surface area contributed by atoms with Crippen molar-refractivity contribution in [1.82, 2.24) is 4.57 Å². The van der Waals surface area contributed by atoms with Crippen molar-refractivity contribution in [3.63, 3.8) is 0 Å². The summed E-state index contributed by atoms with van der Waals surface area (Å²) in [5, 5.41) is 7.44. The number of hydrogen-bond donors (Lipinski definition) is 0. The van der Waals surface area contributed by atoms with Crippen LogP contribution in [-0.4, -0.2) is 4.57 Å². The van der Waals surface area contributed by atoms with E-state index in [0.29, 0.717) is 0 Å². The van der Waals surface area contributed by atoms with Crippen LogP contribution in [0.15, 0.2) is 186 Å². The molecule has 0 bridgehead atoms. The van der Waals surface area contributed by atoms with E-state index >= 15 is 0 Å². The van der Waals surface area contributed by atoms with Crippen LogP contribution in [0.3, 0.4) is 0 Å². The highest BCUT2D eigenvalue weighted by Gasteiger charge is 2.18. The molecule has 10 aromatic rings. The Morgan fingerprint density at radius 1 is 0.431 bits per heavy atom. The average Bonchev–Trinajstić information content (AvgIpc) is 3.73. The molecule has 1 unspecified atom stereocenters. The van der Waals surface area contributed by atoms with Crippen molar-refractivity contribution in [2.24, 2.45) is 0 Å². The molecule has 0 saturated heterocycles. The van der Waals surface area contributed by atoms with Crippen LogP contribution in [0, 0.1) is 0 Å². The first kappa shape index (κ1) is 29.5. The van der Waals surface area contributed by atoms with E-state index in [0.717, 1.165) is 24.0 Å². The minimum absolute atomic E-state index is 0.214. The van der Waals surface area contributed by atoms with Crippen LogP contribution < -0.4 is 0 Å².